The molecule has 1 fully saturated rings. The summed E-state index contributed by atoms with van der Waals surface area (Å²) in [6, 6.07) is 15.8. The summed E-state index contributed by atoms with van der Waals surface area (Å²) in [5, 5.41) is 14.2. The number of β-amino-alcohol motifs (C(OH)–C–C–N with tert-alkyl or cyclic N) is 1. The molecule has 1 atom stereocenters. The van der Waals surface area contributed by atoms with Gasteiger partial charge in [-0.2, -0.15) is 0 Å². The zero-order valence-corrected chi connectivity index (χ0v) is 16.9. The fourth-order valence-electron chi connectivity index (χ4n) is 3.96. The predicted octanol–water partition coefficient (Wildman–Crippen LogP) is 3.12. The highest BCUT2D eigenvalue weighted by Gasteiger charge is 2.17. The lowest BCUT2D eigenvalue weighted by atomic mass is 10.1. The van der Waals surface area contributed by atoms with Crippen LogP contribution in [0.15, 0.2) is 53.3 Å². The number of pyridine rings is 1. The minimum absolute atomic E-state index is 0.00547. The number of methoxy groups -OCH3 is 1. The zero-order valence-electron chi connectivity index (χ0n) is 16.9. The Kier molecular flexibility index (Phi) is 5.45. The van der Waals surface area contributed by atoms with Gasteiger partial charge in [0.2, 0.25) is 0 Å². The standard InChI is InChI=1S/C23H27N3O3/c1-25-22-10-9-21(29-2)13-16(22)12-17(23(25)28)14-24-18-5-7-19(8-6-18)26-11-3-4-20(27)15-26/h5-10,12-13,20,24,27H,3-4,11,14-15H2,1-2H3. The largest absolute Gasteiger partial charge is 0.497 e. The van der Waals surface area contributed by atoms with Crippen LogP contribution in [-0.4, -0.2) is 36.0 Å². The highest BCUT2D eigenvalue weighted by atomic mass is 16.5. The van der Waals surface area contributed by atoms with Crippen molar-refractivity contribution in [2.45, 2.75) is 25.5 Å². The summed E-state index contributed by atoms with van der Waals surface area (Å²) in [6.07, 6.45) is 1.64. The average molecular weight is 393 g/mol. The molecule has 0 saturated carbocycles. The topological polar surface area (TPSA) is 66.7 Å². The third-order valence-corrected chi connectivity index (χ3v) is 5.62. The van der Waals surface area contributed by atoms with Gasteiger partial charge in [0.25, 0.3) is 5.56 Å². The highest BCUT2D eigenvalue weighted by Crippen LogP contribution is 2.23. The van der Waals surface area contributed by atoms with Crippen LogP contribution in [0.25, 0.3) is 10.9 Å². The van der Waals surface area contributed by atoms with Crippen molar-refractivity contribution in [3.63, 3.8) is 0 Å². The molecule has 1 unspecified atom stereocenters. The van der Waals surface area contributed by atoms with Crippen LogP contribution in [0.2, 0.25) is 0 Å². The summed E-state index contributed by atoms with van der Waals surface area (Å²) < 4.78 is 6.98. The van der Waals surface area contributed by atoms with E-state index in [4.69, 9.17) is 4.74 Å². The van der Waals surface area contributed by atoms with E-state index in [2.05, 4.69) is 22.3 Å². The molecule has 0 bridgehead atoms. The third-order valence-electron chi connectivity index (χ3n) is 5.62. The van der Waals surface area contributed by atoms with Crippen molar-refractivity contribution < 1.29 is 9.84 Å². The number of anilines is 2. The number of aromatic nitrogens is 1. The van der Waals surface area contributed by atoms with Gasteiger partial charge in [0.1, 0.15) is 5.75 Å². The molecule has 0 radical (unpaired) electrons. The van der Waals surface area contributed by atoms with Crippen LogP contribution in [0, 0.1) is 0 Å². The van der Waals surface area contributed by atoms with Crippen LogP contribution in [0.4, 0.5) is 11.4 Å². The van der Waals surface area contributed by atoms with Gasteiger partial charge in [-0.3, -0.25) is 4.79 Å². The van der Waals surface area contributed by atoms with E-state index >= 15 is 0 Å². The molecule has 6 heteroatoms. The maximum absolute atomic E-state index is 12.7. The van der Waals surface area contributed by atoms with Gasteiger partial charge in [-0.25, -0.2) is 0 Å². The van der Waals surface area contributed by atoms with E-state index in [1.165, 1.54) is 0 Å². The lowest BCUT2D eigenvalue weighted by Gasteiger charge is -2.32. The van der Waals surface area contributed by atoms with Crippen LogP contribution >= 0.6 is 0 Å². The van der Waals surface area contributed by atoms with Gasteiger partial charge in [0, 0.05) is 49.0 Å². The van der Waals surface area contributed by atoms with Gasteiger partial charge in [-0.1, -0.05) is 0 Å². The predicted molar refractivity (Wildman–Crippen MR) is 117 cm³/mol. The number of nitrogens with zero attached hydrogens (tertiary/aromatic N) is 2. The Labute approximate surface area is 170 Å². The summed E-state index contributed by atoms with van der Waals surface area (Å²) in [6.45, 7) is 2.10. The van der Waals surface area contributed by atoms with E-state index in [1.54, 1.807) is 18.7 Å². The number of aliphatic hydroxyl groups excluding tert-OH is 1. The monoisotopic (exact) mass is 393 g/mol. The number of rotatable bonds is 5. The molecule has 1 aliphatic rings. The van der Waals surface area contributed by atoms with E-state index in [-0.39, 0.29) is 11.7 Å². The van der Waals surface area contributed by atoms with Crippen LogP contribution in [-0.2, 0) is 13.6 Å². The Morgan fingerprint density at radius 3 is 2.69 bits per heavy atom. The number of benzene rings is 2. The van der Waals surface area contributed by atoms with E-state index in [9.17, 15) is 9.90 Å². The first-order valence-corrected chi connectivity index (χ1v) is 9.99. The van der Waals surface area contributed by atoms with E-state index in [0.29, 0.717) is 18.7 Å². The second kappa shape index (κ2) is 8.17. The van der Waals surface area contributed by atoms with Gasteiger partial charge in [0.05, 0.1) is 18.7 Å². The summed E-state index contributed by atoms with van der Waals surface area (Å²) in [5.41, 5.74) is 3.65. The molecule has 2 N–H and O–H groups in total. The number of aliphatic hydroxyl groups is 1. The molecule has 1 saturated heterocycles. The lowest BCUT2D eigenvalue weighted by Crippen LogP contribution is -2.38. The summed E-state index contributed by atoms with van der Waals surface area (Å²) in [4.78, 5) is 14.9. The first-order chi connectivity index (χ1) is 14.0. The quantitative estimate of drug-likeness (QED) is 0.697. The molecular weight excluding hydrogens is 366 g/mol. The fourth-order valence-corrected chi connectivity index (χ4v) is 3.96. The Morgan fingerprint density at radius 2 is 1.97 bits per heavy atom. The number of fused-ring (bicyclic) bond motifs is 1. The van der Waals surface area contributed by atoms with Gasteiger partial charge in [-0.05, 0) is 61.4 Å². The maximum atomic E-state index is 12.7. The third kappa shape index (κ3) is 4.07. The van der Waals surface area contributed by atoms with Gasteiger partial charge >= 0.3 is 0 Å². The SMILES string of the molecule is COc1ccc2c(c1)cc(CNc1ccc(N3CCCC(O)C3)cc1)c(=O)n2C. The van der Waals surface area contributed by atoms with E-state index in [1.807, 2.05) is 36.4 Å². The van der Waals surface area contributed by atoms with Crippen molar-refractivity contribution in [2.24, 2.45) is 7.05 Å². The van der Waals surface area contributed by atoms with Crippen LogP contribution in [0.3, 0.4) is 0 Å². The lowest BCUT2D eigenvalue weighted by molar-refractivity contribution is 0.154. The molecule has 0 amide bonds. The normalized spacial score (nSPS) is 16.8. The molecule has 4 rings (SSSR count). The smallest absolute Gasteiger partial charge is 0.255 e. The van der Waals surface area contributed by atoms with Crippen LogP contribution < -0.4 is 20.5 Å². The molecule has 6 nitrogen and oxygen atoms in total. The first kappa shape index (κ1) is 19.3. The Hall–Kier alpha value is -2.99. The molecular formula is C23H27N3O3. The van der Waals surface area contributed by atoms with Gasteiger partial charge < -0.3 is 24.6 Å². The number of ether oxygens (including phenoxy) is 1. The van der Waals surface area contributed by atoms with E-state index in [0.717, 1.165) is 47.4 Å². The number of hydrogen-bond acceptors (Lipinski definition) is 5. The highest BCUT2D eigenvalue weighted by molar-refractivity contribution is 5.81. The van der Waals surface area contributed by atoms with Crippen LogP contribution in [0.5, 0.6) is 5.75 Å². The molecule has 1 aliphatic heterocycles. The first-order valence-electron chi connectivity index (χ1n) is 9.99. The summed E-state index contributed by atoms with van der Waals surface area (Å²) >= 11 is 0. The fraction of sp³-hybridized carbons (Fsp3) is 0.348. The summed E-state index contributed by atoms with van der Waals surface area (Å²) in [7, 11) is 3.43. The van der Waals surface area contributed by atoms with Crippen molar-refractivity contribution in [3.05, 3.63) is 64.4 Å². The van der Waals surface area contributed by atoms with Crippen molar-refractivity contribution in [1.82, 2.24) is 4.57 Å². The Morgan fingerprint density at radius 1 is 1.17 bits per heavy atom. The number of nitrogens with one attached hydrogen (secondary N) is 1. The van der Waals surface area contributed by atoms with E-state index < -0.39 is 0 Å². The Balaban J connectivity index is 1.50. The molecule has 152 valence electrons. The molecule has 1 aromatic heterocycles. The number of hydrogen-bond donors (Lipinski definition) is 2. The van der Waals surface area contributed by atoms with Gasteiger partial charge in [0.15, 0.2) is 0 Å². The zero-order chi connectivity index (χ0) is 20.4. The second-order valence-electron chi connectivity index (χ2n) is 7.60. The molecule has 2 heterocycles. The molecule has 3 aromatic rings. The Bertz CT molecular complexity index is 1060. The van der Waals surface area contributed by atoms with Crippen molar-refractivity contribution in [2.75, 3.05) is 30.4 Å². The number of piperidine rings is 1. The van der Waals surface area contributed by atoms with Crippen molar-refractivity contribution in [1.29, 1.82) is 0 Å². The molecule has 0 spiro atoms. The average Bonchev–Trinajstić information content (AvgIpc) is 2.75. The molecule has 0 aliphatic carbocycles. The minimum atomic E-state index is -0.246. The number of aryl methyl sites for hydroxylation is 1. The van der Waals surface area contributed by atoms with Gasteiger partial charge in [-0.15, -0.1) is 0 Å². The second-order valence-corrected chi connectivity index (χ2v) is 7.60. The minimum Gasteiger partial charge on any atom is -0.497 e. The summed E-state index contributed by atoms with van der Waals surface area (Å²) in [5.74, 6) is 0.772. The molecule has 2 aromatic carbocycles. The van der Waals surface area contributed by atoms with Crippen molar-refractivity contribution >= 4 is 22.3 Å². The maximum Gasteiger partial charge on any atom is 0.255 e. The molecule has 29 heavy (non-hydrogen) atoms. The van der Waals surface area contributed by atoms with Crippen LogP contribution in [0.1, 0.15) is 18.4 Å². The van der Waals surface area contributed by atoms with Crippen molar-refractivity contribution in [3.8, 4) is 5.75 Å².